The molecule has 3 nitrogen and oxygen atoms in total. The normalized spacial score (nSPS) is 10.2. The number of aryl methyl sites for hydroxylation is 2. The highest BCUT2D eigenvalue weighted by atomic mass is 79.9. The number of thiocarbonyl (C=S) groups is 1. The van der Waals surface area contributed by atoms with E-state index in [1.54, 1.807) is 0 Å². The Labute approximate surface area is 142 Å². The molecule has 0 saturated heterocycles. The molecule has 0 aromatic heterocycles. The van der Waals surface area contributed by atoms with Crippen molar-refractivity contribution in [1.82, 2.24) is 5.32 Å². The molecule has 114 valence electrons. The molecule has 2 rings (SSSR count). The molecule has 1 amide bonds. The van der Waals surface area contributed by atoms with Gasteiger partial charge >= 0.3 is 0 Å². The molecule has 0 aliphatic rings. The van der Waals surface area contributed by atoms with Gasteiger partial charge in [0, 0.05) is 15.7 Å². The van der Waals surface area contributed by atoms with Crippen molar-refractivity contribution in [1.29, 1.82) is 0 Å². The number of carbonyl (C=O) groups is 1. The SMILES string of the molecule is Cc1cc(Br)cc(C)c1NC(=S)NC(=O)c1ccc(F)cc1. The molecular weight excluding hydrogens is 367 g/mol. The van der Waals surface area contributed by atoms with Gasteiger partial charge in [0.1, 0.15) is 5.82 Å². The Morgan fingerprint density at radius 1 is 1.14 bits per heavy atom. The van der Waals surface area contributed by atoms with Crippen LogP contribution in [0.25, 0.3) is 0 Å². The minimum Gasteiger partial charge on any atom is -0.332 e. The van der Waals surface area contributed by atoms with Gasteiger partial charge in [-0.3, -0.25) is 10.1 Å². The van der Waals surface area contributed by atoms with E-state index in [-0.39, 0.29) is 11.0 Å². The summed E-state index contributed by atoms with van der Waals surface area (Å²) < 4.78 is 13.8. The summed E-state index contributed by atoms with van der Waals surface area (Å²) in [5, 5.41) is 5.80. The number of benzene rings is 2. The van der Waals surface area contributed by atoms with Crippen LogP contribution in [0.5, 0.6) is 0 Å². The lowest BCUT2D eigenvalue weighted by Crippen LogP contribution is -2.34. The van der Waals surface area contributed by atoms with Crippen LogP contribution in [0.1, 0.15) is 21.5 Å². The van der Waals surface area contributed by atoms with E-state index in [4.69, 9.17) is 12.2 Å². The zero-order valence-electron chi connectivity index (χ0n) is 12.0. The maximum atomic E-state index is 12.8. The molecule has 0 fully saturated rings. The first-order valence-electron chi connectivity index (χ1n) is 6.51. The van der Waals surface area contributed by atoms with Crippen LogP contribution >= 0.6 is 28.1 Å². The Morgan fingerprint density at radius 3 is 2.23 bits per heavy atom. The van der Waals surface area contributed by atoms with Gasteiger partial charge in [0.15, 0.2) is 5.11 Å². The second-order valence-electron chi connectivity index (χ2n) is 4.83. The average molecular weight is 381 g/mol. The van der Waals surface area contributed by atoms with Crippen molar-refractivity contribution >= 4 is 44.9 Å². The molecule has 0 atom stereocenters. The van der Waals surface area contributed by atoms with Gasteiger partial charge in [0.2, 0.25) is 0 Å². The molecule has 0 unspecified atom stereocenters. The van der Waals surface area contributed by atoms with Gasteiger partial charge in [-0.15, -0.1) is 0 Å². The maximum absolute atomic E-state index is 12.8. The second-order valence-corrected chi connectivity index (χ2v) is 6.15. The first kappa shape index (κ1) is 16.6. The molecule has 2 aromatic carbocycles. The molecule has 0 aliphatic carbocycles. The zero-order valence-corrected chi connectivity index (χ0v) is 14.4. The smallest absolute Gasteiger partial charge is 0.257 e. The van der Waals surface area contributed by atoms with Crippen molar-refractivity contribution in [2.75, 3.05) is 5.32 Å². The highest BCUT2D eigenvalue weighted by Crippen LogP contribution is 2.25. The monoisotopic (exact) mass is 380 g/mol. The first-order valence-corrected chi connectivity index (χ1v) is 7.71. The van der Waals surface area contributed by atoms with Crippen LogP contribution in [-0.4, -0.2) is 11.0 Å². The largest absolute Gasteiger partial charge is 0.332 e. The minimum atomic E-state index is -0.390. The van der Waals surface area contributed by atoms with Gasteiger partial charge in [-0.05, 0) is 73.6 Å². The summed E-state index contributed by atoms with van der Waals surface area (Å²) in [6.45, 7) is 3.90. The van der Waals surface area contributed by atoms with Crippen LogP contribution in [0.4, 0.5) is 10.1 Å². The molecule has 22 heavy (non-hydrogen) atoms. The van der Waals surface area contributed by atoms with Crippen LogP contribution in [0.15, 0.2) is 40.9 Å². The highest BCUT2D eigenvalue weighted by Gasteiger charge is 2.10. The minimum absolute atomic E-state index is 0.197. The van der Waals surface area contributed by atoms with Gasteiger partial charge in [-0.2, -0.15) is 0 Å². The van der Waals surface area contributed by atoms with Crippen LogP contribution in [-0.2, 0) is 0 Å². The molecular formula is C16H14BrFN2OS. The lowest BCUT2D eigenvalue weighted by atomic mass is 10.1. The summed E-state index contributed by atoms with van der Waals surface area (Å²) in [4.78, 5) is 12.0. The van der Waals surface area contributed by atoms with E-state index in [2.05, 4.69) is 26.6 Å². The predicted molar refractivity (Wildman–Crippen MR) is 93.7 cm³/mol. The summed E-state index contributed by atoms with van der Waals surface area (Å²) in [6, 6.07) is 9.19. The maximum Gasteiger partial charge on any atom is 0.257 e. The Bertz CT molecular complexity index is 708. The van der Waals surface area contributed by atoms with Crippen molar-refractivity contribution in [3.05, 3.63) is 63.4 Å². The van der Waals surface area contributed by atoms with Crippen LogP contribution in [0.2, 0.25) is 0 Å². The van der Waals surface area contributed by atoms with Crippen molar-refractivity contribution in [2.24, 2.45) is 0 Å². The number of nitrogens with one attached hydrogen (secondary N) is 2. The Hall–Kier alpha value is -1.79. The van der Waals surface area contributed by atoms with Crippen molar-refractivity contribution in [3.63, 3.8) is 0 Å². The van der Waals surface area contributed by atoms with Gasteiger partial charge in [-0.1, -0.05) is 15.9 Å². The summed E-state index contributed by atoms with van der Waals surface area (Å²) >= 11 is 8.59. The van der Waals surface area contributed by atoms with Crippen molar-refractivity contribution < 1.29 is 9.18 Å². The average Bonchev–Trinajstić information content (AvgIpc) is 2.43. The summed E-state index contributed by atoms with van der Waals surface area (Å²) in [7, 11) is 0. The molecule has 0 spiro atoms. The Balaban J connectivity index is 2.07. The fraction of sp³-hybridized carbons (Fsp3) is 0.125. The standard InChI is InChI=1S/C16H14BrFN2OS/c1-9-7-12(17)8-10(2)14(9)19-16(22)20-15(21)11-3-5-13(18)6-4-11/h3-8H,1-2H3,(H2,19,20,21,22). The molecule has 0 bridgehead atoms. The van der Waals surface area contributed by atoms with E-state index in [9.17, 15) is 9.18 Å². The van der Waals surface area contributed by atoms with Crippen LogP contribution in [0.3, 0.4) is 0 Å². The van der Waals surface area contributed by atoms with Gasteiger partial charge in [0.05, 0.1) is 0 Å². The number of carbonyl (C=O) groups excluding carboxylic acids is 1. The lowest BCUT2D eigenvalue weighted by Gasteiger charge is -2.14. The third-order valence-corrected chi connectivity index (χ3v) is 3.73. The molecule has 6 heteroatoms. The predicted octanol–water partition coefficient (Wildman–Crippen LogP) is 4.33. The number of halogens is 2. The van der Waals surface area contributed by atoms with E-state index < -0.39 is 5.82 Å². The number of amides is 1. The van der Waals surface area contributed by atoms with Crippen molar-refractivity contribution in [2.45, 2.75) is 13.8 Å². The Kier molecular flexibility index (Phi) is 5.26. The molecule has 0 saturated carbocycles. The van der Waals surface area contributed by atoms with Crippen molar-refractivity contribution in [3.8, 4) is 0 Å². The fourth-order valence-electron chi connectivity index (χ4n) is 2.03. The third kappa shape index (κ3) is 4.11. The van der Waals surface area contributed by atoms with E-state index in [0.29, 0.717) is 5.56 Å². The first-order chi connectivity index (χ1) is 10.4. The van der Waals surface area contributed by atoms with Crippen LogP contribution < -0.4 is 10.6 Å². The topological polar surface area (TPSA) is 41.1 Å². The lowest BCUT2D eigenvalue weighted by molar-refractivity contribution is 0.0977. The summed E-state index contributed by atoms with van der Waals surface area (Å²) in [6.07, 6.45) is 0. The number of rotatable bonds is 2. The van der Waals surface area contributed by atoms with Gasteiger partial charge < -0.3 is 5.32 Å². The Morgan fingerprint density at radius 2 is 1.68 bits per heavy atom. The molecule has 2 aromatic rings. The van der Waals surface area contributed by atoms with Gasteiger partial charge in [-0.25, -0.2) is 4.39 Å². The fourth-order valence-corrected chi connectivity index (χ4v) is 2.91. The van der Waals surface area contributed by atoms with E-state index in [1.807, 2.05) is 26.0 Å². The highest BCUT2D eigenvalue weighted by molar-refractivity contribution is 9.10. The number of anilines is 1. The number of hydrogen-bond donors (Lipinski definition) is 2. The van der Waals surface area contributed by atoms with Crippen LogP contribution in [0, 0.1) is 19.7 Å². The van der Waals surface area contributed by atoms with E-state index >= 15 is 0 Å². The second kappa shape index (κ2) is 6.98. The van der Waals surface area contributed by atoms with Gasteiger partial charge in [0.25, 0.3) is 5.91 Å². The zero-order chi connectivity index (χ0) is 16.3. The summed E-state index contributed by atoms with van der Waals surface area (Å²) in [5.74, 6) is -0.775. The third-order valence-electron chi connectivity index (χ3n) is 3.07. The summed E-state index contributed by atoms with van der Waals surface area (Å²) in [5.41, 5.74) is 3.21. The number of hydrogen-bond acceptors (Lipinski definition) is 2. The van der Waals surface area contributed by atoms with E-state index in [1.165, 1.54) is 24.3 Å². The molecule has 2 N–H and O–H groups in total. The molecule has 0 radical (unpaired) electrons. The van der Waals surface area contributed by atoms with E-state index in [0.717, 1.165) is 21.3 Å². The molecule has 0 heterocycles. The quantitative estimate of drug-likeness (QED) is 0.761. The molecule has 0 aliphatic heterocycles.